The predicted octanol–water partition coefficient (Wildman–Crippen LogP) is 4.48. The summed E-state index contributed by atoms with van der Waals surface area (Å²) in [5, 5.41) is 22.6. The number of phenols is 2. The molecular weight excluding hydrogens is 518 g/mol. The van der Waals surface area contributed by atoms with Crippen LogP contribution < -0.4 is 9.64 Å². The van der Waals surface area contributed by atoms with Gasteiger partial charge in [-0.25, -0.2) is 0 Å². The van der Waals surface area contributed by atoms with E-state index in [0.717, 1.165) is 29.5 Å². The maximum atomic E-state index is 13.0. The van der Waals surface area contributed by atoms with Crippen molar-refractivity contribution in [3.8, 4) is 17.2 Å². The fourth-order valence-corrected chi connectivity index (χ4v) is 4.91. The lowest BCUT2D eigenvalue weighted by Crippen LogP contribution is -2.37. The van der Waals surface area contributed by atoms with Gasteiger partial charge in [0, 0.05) is 28.6 Å². The molecule has 2 aromatic rings. The minimum Gasteiger partial charge on any atom is -0.504 e. The van der Waals surface area contributed by atoms with Gasteiger partial charge in [-0.3, -0.25) is 9.79 Å². The average molecular weight is 537 g/mol. The molecule has 0 unspecified atom stereocenters. The molecule has 2 aromatic carbocycles. The molecule has 166 valence electrons. The Bertz CT molecular complexity index is 1180. The van der Waals surface area contributed by atoms with Crippen LogP contribution in [-0.4, -0.2) is 52.4 Å². The molecule has 0 spiro atoms. The maximum absolute atomic E-state index is 13.0. The number of anilines is 1. The van der Waals surface area contributed by atoms with Crippen LogP contribution in [0.15, 0.2) is 46.8 Å². The molecule has 0 saturated carbocycles. The van der Waals surface area contributed by atoms with Crippen LogP contribution in [0.5, 0.6) is 17.2 Å². The van der Waals surface area contributed by atoms with Crippen LogP contribution >= 0.6 is 40.3 Å². The molecule has 0 saturated heterocycles. The second-order valence-electron chi connectivity index (χ2n) is 7.16. The van der Waals surface area contributed by atoms with E-state index in [1.54, 1.807) is 34.9 Å². The zero-order valence-corrected chi connectivity index (χ0v) is 20.0. The number of aromatic hydroxyl groups is 2. The number of fused-ring (bicyclic) bond motifs is 2. The number of ether oxygens (including phenoxy) is 1. The van der Waals surface area contributed by atoms with Gasteiger partial charge in [-0.15, -0.1) is 17.0 Å². The van der Waals surface area contributed by atoms with Crippen LogP contribution in [0.3, 0.4) is 0 Å². The highest BCUT2D eigenvalue weighted by molar-refractivity contribution is 8.93. The van der Waals surface area contributed by atoms with Crippen molar-refractivity contribution in [3.63, 3.8) is 0 Å². The van der Waals surface area contributed by atoms with Crippen LogP contribution in [0.2, 0.25) is 5.02 Å². The van der Waals surface area contributed by atoms with Crippen molar-refractivity contribution in [2.45, 2.75) is 0 Å². The zero-order chi connectivity index (χ0) is 21.5. The number of aliphatic imine (C=N–C) groups is 1. The number of phenolic OH excluding ortho intramolecular Hbond substituents is 2. The molecule has 0 aromatic heterocycles. The lowest BCUT2D eigenvalue weighted by Gasteiger charge is -2.31. The first-order valence-corrected chi connectivity index (χ1v) is 10.9. The van der Waals surface area contributed by atoms with Crippen molar-refractivity contribution >= 4 is 68.9 Å². The van der Waals surface area contributed by atoms with E-state index in [-0.39, 0.29) is 34.4 Å². The Morgan fingerprint density at radius 3 is 2.84 bits per heavy atom. The van der Waals surface area contributed by atoms with Crippen LogP contribution in [0.4, 0.5) is 5.69 Å². The van der Waals surface area contributed by atoms with Gasteiger partial charge in [0.2, 0.25) is 0 Å². The van der Waals surface area contributed by atoms with Crippen molar-refractivity contribution < 1.29 is 19.7 Å². The van der Waals surface area contributed by atoms with Gasteiger partial charge in [0.25, 0.3) is 5.91 Å². The van der Waals surface area contributed by atoms with Gasteiger partial charge >= 0.3 is 0 Å². The topological polar surface area (TPSA) is 85.6 Å². The lowest BCUT2D eigenvalue weighted by molar-refractivity contribution is -0.114. The molecule has 3 aliphatic rings. The molecule has 0 bridgehead atoms. The number of halogens is 2. The van der Waals surface area contributed by atoms with Crippen LogP contribution in [0, 0.1) is 0 Å². The van der Waals surface area contributed by atoms with Crippen molar-refractivity contribution in [2.75, 3.05) is 31.1 Å². The quantitative estimate of drug-likeness (QED) is 0.444. The van der Waals surface area contributed by atoms with E-state index in [4.69, 9.17) is 16.3 Å². The van der Waals surface area contributed by atoms with Crippen molar-refractivity contribution in [2.24, 2.45) is 4.99 Å². The molecule has 0 aliphatic carbocycles. The summed E-state index contributed by atoms with van der Waals surface area (Å²) in [6, 6.07) is 7.97. The summed E-state index contributed by atoms with van der Waals surface area (Å²) < 4.78 is 5.99. The molecule has 5 rings (SSSR count). The van der Waals surface area contributed by atoms with Gasteiger partial charge in [-0.2, -0.15) is 0 Å². The molecule has 0 radical (unpaired) electrons. The molecule has 3 heterocycles. The van der Waals surface area contributed by atoms with Gasteiger partial charge in [0.05, 0.1) is 24.5 Å². The van der Waals surface area contributed by atoms with Crippen molar-refractivity contribution in [3.05, 3.63) is 58.0 Å². The number of amidine groups is 1. The third-order valence-corrected chi connectivity index (χ3v) is 6.33. The summed E-state index contributed by atoms with van der Waals surface area (Å²) in [5.41, 5.74) is 3.03. The van der Waals surface area contributed by atoms with Gasteiger partial charge in [0.1, 0.15) is 6.61 Å². The number of hydrogen-bond acceptors (Lipinski definition) is 7. The first kappa shape index (κ1) is 22.6. The van der Waals surface area contributed by atoms with Crippen LogP contribution in [0.1, 0.15) is 11.1 Å². The van der Waals surface area contributed by atoms with E-state index in [1.165, 1.54) is 18.2 Å². The fourth-order valence-electron chi connectivity index (χ4n) is 3.74. The number of nitrogens with zero attached hydrogens (tertiary/aromatic N) is 3. The summed E-state index contributed by atoms with van der Waals surface area (Å²) in [6.07, 6.45) is 3.02. The van der Waals surface area contributed by atoms with E-state index in [2.05, 4.69) is 9.89 Å². The van der Waals surface area contributed by atoms with E-state index in [9.17, 15) is 15.0 Å². The van der Waals surface area contributed by atoms with Crippen LogP contribution in [-0.2, 0) is 4.79 Å². The average Bonchev–Trinajstić information content (AvgIpc) is 3.37. The molecule has 10 heteroatoms. The van der Waals surface area contributed by atoms with E-state index in [1.807, 2.05) is 11.5 Å². The number of benzene rings is 2. The highest BCUT2D eigenvalue weighted by Crippen LogP contribution is 2.45. The smallest absolute Gasteiger partial charge is 0.251 e. The number of rotatable bonds is 3. The third-order valence-electron chi connectivity index (χ3n) is 5.21. The highest BCUT2D eigenvalue weighted by atomic mass is 79.9. The van der Waals surface area contributed by atoms with E-state index < -0.39 is 0 Å². The minimum absolute atomic E-state index is 0. The van der Waals surface area contributed by atoms with Crippen LogP contribution in [0.25, 0.3) is 11.8 Å². The summed E-state index contributed by atoms with van der Waals surface area (Å²) in [6.45, 7) is 2.31. The largest absolute Gasteiger partial charge is 0.504 e. The molecule has 1 amide bonds. The second-order valence-corrected chi connectivity index (χ2v) is 8.43. The monoisotopic (exact) mass is 535 g/mol. The van der Waals surface area contributed by atoms with E-state index >= 15 is 0 Å². The number of amides is 1. The van der Waals surface area contributed by atoms with Gasteiger partial charge in [0.15, 0.2) is 22.4 Å². The first-order valence-electron chi connectivity index (χ1n) is 9.68. The normalized spacial score (nSPS) is 16.8. The molecule has 32 heavy (non-hydrogen) atoms. The molecular formula is C22H19BrClN3O4S. The molecule has 3 aliphatic heterocycles. The summed E-state index contributed by atoms with van der Waals surface area (Å²) in [4.78, 5) is 21.2. The lowest BCUT2D eigenvalue weighted by atomic mass is 10.1. The second kappa shape index (κ2) is 9.09. The Hall–Kier alpha value is -2.62. The van der Waals surface area contributed by atoms with Crippen molar-refractivity contribution in [1.82, 2.24) is 4.90 Å². The van der Waals surface area contributed by atoms with Crippen molar-refractivity contribution in [1.29, 1.82) is 0 Å². The van der Waals surface area contributed by atoms with Gasteiger partial charge in [-0.05, 0) is 35.9 Å². The number of carbonyl (C=O) groups excluding carboxylic acids is 1. The Morgan fingerprint density at radius 1 is 1.19 bits per heavy atom. The number of hydrogen-bond donors (Lipinski definition) is 2. The summed E-state index contributed by atoms with van der Waals surface area (Å²) in [7, 11) is 0. The molecule has 0 atom stereocenters. The standard InChI is InChI=1S/C22H18ClN3O4S.BrH/c23-14-10-15(17-12-31-22-24-5-6-26(17)22)21-16(11-14)25(7-8-30-21)20(29)4-2-13-1-3-18(27)19(28)9-13;/h1-4,9-12,27-28H,5-8H2;1H. The molecule has 0 fully saturated rings. The minimum atomic E-state index is -0.240. The zero-order valence-electron chi connectivity index (χ0n) is 16.7. The maximum Gasteiger partial charge on any atom is 0.251 e. The van der Waals surface area contributed by atoms with Gasteiger partial charge < -0.3 is 24.7 Å². The third kappa shape index (κ3) is 4.07. The fraction of sp³-hybridized carbons (Fsp3) is 0.182. The Morgan fingerprint density at radius 2 is 2.03 bits per heavy atom. The van der Waals surface area contributed by atoms with E-state index in [0.29, 0.717) is 35.2 Å². The Balaban J connectivity index is 0.00000245. The number of thioether (sulfide) groups is 1. The summed E-state index contributed by atoms with van der Waals surface area (Å²) >= 11 is 8.01. The first-order chi connectivity index (χ1) is 15.0. The highest BCUT2D eigenvalue weighted by Gasteiger charge is 2.32. The Labute approximate surface area is 204 Å². The Kier molecular flexibility index (Phi) is 6.41. The summed E-state index contributed by atoms with van der Waals surface area (Å²) in [5.74, 6) is -0.0585. The number of carbonyl (C=O) groups is 1. The molecule has 7 nitrogen and oxygen atoms in total. The predicted molar refractivity (Wildman–Crippen MR) is 133 cm³/mol. The van der Waals surface area contributed by atoms with Gasteiger partial charge in [-0.1, -0.05) is 29.4 Å². The SMILES string of the molecule is Br.O=C(C=Cc1ccc(O)c(O)c1)N1CCOc2c(C3=CSC4=NCCN34)cc(Cl)cc21. The molecule has 2 N–H and O–H groups in total.